The Kier molecular flexibility index (Phi) is 4.94. The molecular weight excluding hydrogens is 389 g/mol. The molecule has 2 nitrogen and oxygen atoms in total. The lowest BCUT2D eigenvalue weighted by Gasteiger charge is -2.18. The van der Waals surface area contributed by atoms with Crippen molar-refractivity contribution in [2.24, 2.45) is 0 Å². The predicted molar refractivity (Wildman–Crippen MR) is 84.0 cm³/mol. The number of halogens is 3. The standard InChI is InChI=1S/C15H12Br2FNO/c1-19(9-11-4-2-3-5-12(11)16)15(20)10-6-7-14(18)13(17)8-10/h2-8H,9H2,1H3. The smallest absolute Gasteiger partial charge is 0.253 e. The number of hydrogen-bond acceptors (Lipinski definition) is 1. The van der Waals surface area contributed by atoms with Crippen molar-refractivity contribution >= 4 is 37.8 Å². The molecule has 0 radical (unpaired) electrons. The van der Waals surface area contributed by atoms with Gasteiger partial charge in [0.05, 0.1) is 4.47 Å². The molecule has 0 saturated carbocycles. The van der Waals surface area contributed by atoms with Gasteiger partial charge in [0.15, 0.2) is 0 Å². The van der Waals surface area contributed by atoms with Crippen LogP contribution < -0.4 is 0 Å². The number of carbonyl (C=O) groups is 1. The lowest BCUT2D eigenvalue weighted by Crippen LogP contribution is -2.26. The van der Waals surface area contributed by atoms with Crippen molar-refractivity contribution in [1.82, 2.24) is 4.90 Å². The quantitative estimate of drug-likeness (QED) is 0.735. The number of carbonyl (C=O) groups excluding carboxylic acids is 1. The van der Waals surface area contributed by atoms with Crippen molar-refractivity contribution in [3.05, 3.63) is 68.4 Å². The average molecular weight is 401 g/mol. The normalized spacial score (nSPS) is 10.4. The summed E-state index contributed by atoms with van der Waals surface area (Å²) in [6.07, 6.45) is 0. The molecule has 0 saturated heterocycles. The third-order valence-electron chi connectivity index (χ3n) is 2.88. The fourth-order valence-electron chi connectivity index (χ4n) is 1.80. The molecule has 1 amide bonds. The van der Waals surface area contributed by atoms with E-state index in [4.69, 9.17) is 0 Å². The number of hydrogen-bond donors (Lipinski definition) is 0. The summed E-state index contributed by atoms with van der Waals surface area (Å²) < 4.78 is 14.4. The zero-order valence-corrected chi connectivity index (χ0v) is 13.9. The summed E-state index contributed by atoms with van der Waals surface area (Å²) in [7, 11) is 1.72. The second kappa shape index (κ2) is 6.50. The van der Waals surface area contributed by atoms with Crippen LogP contribution in [0.2, 0.25) is 0 Å². The highest BCUT2D eigenvalue weighted by molar-refractivity contribution is 9.10. The van der Waals surface area contributed by atoms with E-state index in [0.717, 1.165) is 10.0 Å². The summed E-state index contributed by atoms with van der Waals surface area (Å²) in [4.78, 5) is 13.9. The van der Waals surface area contributed by atoms with Crippen LogP contribution in [-0.4, -0.2) is 17.9 Å². The Hall–Kier alpha value is -1.20. The van der Waals surface area contributed by atoms with Crippen LogP contribution in [0, 0.1) is 5.82 Å². The molecule has 0 fully saturated rings. The lowest BCUT2D eigenvalue weighted by atomic mass is 10.1. The van der Waals surface area contributed by atoms with E-state index >= 15 is 0 Å². The first-order valence-electron chi connectivity index (χ1n) is 5.93. The Morgan fingerprint density at radius 1 is 1.15 bits per heavy atom. The van der Waals surface area contributed by atoms with Gasteiger partial charge in [-0.05, 0) is 45.8 Å². The van der Waals surface area contributed by atoms with E-state index in [1.54, 1.807) is 11.9 Å². The molecular formula is C15H12Br2FNO. The molecule has 5 heteroatoms. The number of rotatable bonds is 3. The van der Waals surface area contributed by atoms with Gasteiger partial charge in [0.2, 0.25) is 0 Å². The molecule has 0 unspecified atom stereocenters. The molecule has 2 rings (SSSR count). The second-order valence-corrected chi connectivity index (χ2v) is 6.09. The fourth-order valence-corrected chi connectivity index (χ4v) is 2.59. The highest BCUT2D eigenvalue weighted by atomic mass is 79.9. The van der Waals surface area contributed by atoms with Crippen LogP contribution in [0.25, 0.3) is 0 Å². The van der Waals surface area contributed by atoms with Crippen molar-refractivity contribution in [1.29, 1.82) is 0 Å². The van der Waals surface area contributed by atoms with Crippen molar-refractivity contribution in [3.63, 3.8) is 0 Å². The van der Waals surface area contributed by atoms with Gasteiger partial charge in [-0.2, -0.15) is 0 Å². The first-order chi connectivity index (χ1) is 9.49. The monoisotopic (exact) mass is 399 g/mol. The van der Waals surface area contributed by atoms with Crippen LogP contribution in [0.3, 0.4) is 0 Å². The Morgan fingerprint density at radius 3 is 2.50 bits per heavy atom. The van der Waals surface area contributed by atoms with Crippen LogP contribution in [0.5, 0.6) is 0 Å². The van der Waals surface area contributed by atoms with Gasteiger partial charge in [-0.15, -0.1) is 0 Å². The van der Waals surface area contributed by atoms with E-state index in [1.165, 1.54) is 18.2 Å². The molecule has 0 atom stereocenters. The van der Waals surface area contributed by atoms with Gasteiger partial charge in [-0.25, -0.2) is 4.39 Å². The maximum Gasteiger partial charge on any atom is 0.253 e. The molecule has 104 valence electrons. The number of nitrogens with zero attached hydrogens (tertiary/aromatic N) is 1. The molecule has 0 heterocycles. The van der Waals surface area contributed by atoms with Crippen LogP contribution >= 0.6 is 31.9 Å². The van der Waals surface area contributed by atoms with E-state index in [0.29, 0.717) is 12.1 Å². The second-order valence-electron chi connectivity index (χ2n) is 4.38. The van der Waals surface area contributed by atoms with E-state index in [2.05, 4.69) is 31.9 Å². The minimum atomic E-state index is -0.380. The summed E-state index contributed by atoms with van der Waals surface area (Å²) in [6, 6.07) is 12.0. The highest BCUT2D eigenvalue weighted by Gasteiger charge is 2.14. The first kappa shape index (κ1) is 15.2. The van der Waals surface area contributed by atoms with Crippen molar-refractivity contribution in [3.8, 4) is 0 Å². The molecule has 0 aliphatic carbocycles. The molecule has 0 spiro atoms. The molecule has 0 N–H and O–H groups in total. The third kappa shape index (κ3) is 3.46. The molecule has 0 aliphatic rings. The Bertz CT molecular complexity index is 646. The lowest BCUT2D eigenvalue weighted by molar-refractivity contribution is 0.0784. The summed E-state index contributed by atoms with van der Waals surface area (Å²) in [5, 5.41) is 0. The van der Waals surface area contributed by atoms with Gasteiger partial charge >= 0.3 is 0 Å². The summed E-state index contributed by atoms with van der Waals surface area (Å²) in [6.45, 7) is 0.481. The Labute approximate surface area is 133 Å². The van der Waals surface area contributed by atoms with Crippen molar-refractivity contribution in [2.75, 3.05) is 7.05 Å². The van der Waals surface area contributed by atoms with Crippen molar-refractivity contribution in [2.45, 2.75) is 6.54 Å². The van der Waals surface area contributed by atoms with E-state index in [-0.39, 0.29) is 16.2 Å². The SMILES string of the molecule is CN(Cc1ccccc1Br)C(=O)c1ccc(F)c(Br)c1. The van der Waals surface area contributed by atoms with Gasteiger partial charge in [0.25, 0.3) is 5.91 Å². The maximum atomic E-state index is 13.2. The number of amides is 1. The van der Waals surface area contributed by atoms with Crippen LogP contribution in [-0.2, 0) is 6.54 Å². The summed E-state index contributed by atoms with van der Waals surface area (Å²) >= 11 is 6.54. The molecule has 0 aromatic heterocycles. The molecule has 2 aromatic carbocycles. The van der Waals surface area contributed by atoms with E-state index < -0.39 is 0 Å². The van der Waals surface area contributed by atoms with Crippen LogP contribution in [0.1, 0.15) is 15.9 Å². The number of benzene rings is 2. The largest absolute Gasteiger partial charge is 0.337 e. The van der Waals surface area contributed by atoms with Gasteiger partial charge < -0.3 is 4.90 Å². The van der Waals surface area contributed by atoms with Crippen molar-refractivity contribution < 1.29 is 9.18 Å². The topological polar surface area (TPSA) is 20.3 Å². The summed E-state index contributed by atoms with van der Waals surface area (Å²) in [5.74, 6) is -0.531. The van der Waals surface area contributed by atoms with Crippen LogP contribution in [0.15, 0.2) is 51.4 Å². The highest BCUT2D eigenvalue weighted by Crippen LogP contribution is 2.20. The van der Waals surface area contributed by atoms with E-state index in [9.17, 15) is 9.18 Å². The Balaban J connectivity index is 2.16. The van der Waals surface area contributed by atoms with Crippen LogP contribution in [0.4, 0.5) is 4.39 Å². The van der Waals surface area contributed by atoms with Gasteiger partial charge in [-0.1, -0.05) is 34.1 Å². The molecule has 0 bridgehead atoms. The first-order valence-corrected chi connectivity index (χ1v) is 7.51. The molecule has 20 heavy (non-hydrogen) atoms. The Morgan fingerprint density at radius 2 is 1.85 bits per heavy atom. The zero-order valence-electron chi connectivity index (χ0n) is 10.7. The average Bonchev–Trinajstić information content (AvgIpc) is 2.43. The van der Waals surface area contributed by atoms with Gasteiger partial charge in [0.1, 0.15) is 5.82 Å². The van der Waals surface area contributed by atoms with Gasteiger partial charge in [0, 0.05) is 23.6 Å². The zero-order chi connectivity index (χ0) is 14.7. The summed E-state index contributed by atoms with van der Waals surface area (Å²) in [5.41, 5.74) is 1.47. The van der Waals surface area contributed by atoms with Gasteiger partial charge in [-0.3, -0.25) is 4.79 Å². The maximum absolute atomic E-state index is 13.2. The third-order valence-corrected chi connectivity index (χ3v) is 4.26. The minimum absolute atomic E-state index is 0.151. The predicted octanol–water partition coefficient (Wildman–Crippen LogP) is 4.62. The molecule has 0 aliphatic heterocycles. The molecule has 2 aromatic rings. The minimum Gasteiger partial charge on any atom is -0.337 e. The fraction of sp³-hybridized carbons (Fsp3) is 0.133. The van der Waals surface area contributed by atoms with E-state index in [1.807, 2.05) is 24.3 Å².